The molecule has 0 saturated carbocycles. The molecule has 0 fully saturated rings. The Morgan fingerprint density at radius 3 is 2.33 bits per heavy atom. The summed E-state index contributed by atoms with van der Waals surface area (Å²) in [5.41, 5.74) is 0. The summed E-state index contributed by atoms with van der Waals surface area (Å²) in [5.74, 6) is -0.910. The molecule has 0 radical (unpaired) electrons. The topological polar surface area (TPSA) is 43.8 Å². The van der Waals surface area contributed by atoms with E-state index in [1.807, 2.05) is 30.9 Å². The van der Waals surface area contributed by atoms with E-state index >= 15 is 0 Å². The van der Waals surface area contributed by atoms with Crippen LogP contribution in [0.25, 0.3) is 0 Å². The van der Waals surface area contributed by atoms with Crippen molar-refractivity contribution in [2.45, 2.75) is 0 Å². The van der Waals surface area contributed by atoms with Gasteiger partial charge < -0.3 is 14.9 Å². The Kier molecular flexibility index (Phi) is 5.12. The van der Waals surface area contributed by atoms with E-state index in [2.05, 4.69) is 0 Å². The molecule has 0 aromatic heterocycles. The maximum atomic E-state index is 10.1. The van der Waals surface area contributed by atoms with E-state index in [1.165, 1.54) is 0 Å². The summed E-state index contributed by atoms with van der Waals surface area (Å²) in [4.78, 5) is 14.0. The van der Waals surface area contributed by atoms with Crippen molar-refractivity contribution in [1.29, 1.82) is 0 Å². The maximum absolute atomic E-state index is 10.1. The molecule has 4 nitrogen and oxygen atoms in total. The number of hydrogen-bond acceptors (Lipinski definition) is 3. The highest BCUT2D eigenvalue weighted by atomic mass is 16.4. The fraction of sp³-hybridized carbons (Fsp3) is 0.625. The summed E-state index contributed by atoms with van der Waals surface area (Å²) in [5, 5.41) is 8.32. The zero-order valence-electron chi connectivity index (χ0n) is 7.82. The molecule has 0 rings (SSSR count). The minimum Gasteiger partial charge on any atom is -0.478 e. The van der Waals surface area contributed by atoms with Crippen LogP contribution in [0.3, 0.4) is 0 Å². The van der Waals surface area contributed by atoms with Gasteiger partial charge in [-0.3, -0.25) is 0 Å². The molecule has 0 heterocycles. The summed E-state index contributed by atoms with van der Waals surface area (Å²) in [6.07, 6.45) is 2.70. The van der Waals surface area contributed by atoms with Gasteiger partial charge in [0.25, 0.3) is 0 Å². The highest BCUT2D eigenvalue weighted by molar-refractivity contribution is 5.79. The monoisotopic (exact) mass is 172 g/mol. The largest absolute Gasteiger partial charge is 0.478 e. The third-order valence-corrected chi connectivity index (χ3v) is 1.37. The van der Waals surface area contributed by atoms with Gasteiger partial charge in [0.15, 0.2) is 0 Å². The molecule has 1 N–H and O–H groups in total. The fourth-order valence-corrected chi connectivity index (χ4v) is 0.623. The first kappa shape index (κ1) is 11.0. The van der Waals surface area contributed by atoms with Crippen molar-refractivity contribution in [2.24, 2.45) is 0 Å². The first-order valence-electron chi connectivity index (χ1n) is 3.78. The highest BCUT2D eigenvalue weighted by Gasteiger charge is 1.93. The molecule has 0 aliphatic carbocycles. The zero-order valence-corrected chi connectivity index (χ0v) is 7.82. The second kappa shape index (κ2) is 5.60. The molecule has 12 heavy (non-hydrogen) atoms. The van der Waals surface area contributed by atoms with Crippen molar-refractivity contribution in [1.82, 2.24) is 9.80 Å². The van der Waals surface area contributed by atoms with E-state index in [0.717, 1.165) is 19.2 Å². The van der Waals surface area contributed by atoms with E-state index in [1.54, 1.807) is 6.20 Å². The summed E-state index contributed by atoms with van der Waals surface area (Å²) < 4.78 is 0. The average molecular weight is 172 g/mol. The van der Waals surface area contributed by atoms with Crippen molar-refractivity contribution in [3.05, 3.63) is 12.3 Å². The van der Waals surface area contributed by atoms with Crippen LogP contribution < -0.4 is 0 Å². The minimum atomic E-state index is -0.910. The number of likely N-dealkylation sites (N-methyl/N-ethyl adjacent to an activating group) is 2. The van der Waals surface area contributed by atoms with Crippen LogP contribution in [-0.4, -0.2) is 55.1 Å². The Morgan fingerprint density at radius 2 is 1.92 bits per heavy atom. The van der Waals surface area contributed by atoms with Crippen LogP contribution >= 0.6 is 0 Å². The van der Waals surface area contributed by atoms with Crippen LogP contribution in [0.2, 0.25) is 0 Å². The third-order valence-electron chi connectivity index (χ3n) is 1.37. The smallest absolute Gasteiger partial charge is 0.329 e. The van der Waals surface area contributed by atoms with E-state index in [9.17, 15) is 4.79 Å². The van der Waals surface area contributed by atoms with Gasteiger partial charge in [-0.2, -0.15) is 0 Å². The van der Waals surface area contributed by atoms with Crippen molar-refractivity contribution in [2.75, 3.05) is 34.2 Å². The van der Waals surface area contributed by atoms with Gasteiger partial charge in [-0.15, -0.1) is 0 Å². The molecule has 70 valence electrons. The molecule has 4 heteroatoms. The first-order chi connectivity index (χ1) is 5.52. The molecule has 0 spiro atoms. The Morgan fingerprint density at radius 1 is 1.33 bits per heavy atom. The highest BCUT2D eigenvalue weighted by Crippen LogP contribution is 1.85. The van der Waals surface area contributed by atoms with Crippen LogP contribution in [0.1, 0.15) is 0 Å². The number of hydrogen-bond donors (Lipinski definition) is 1. The van der Waals surface area contributed by atoms with Gasteiger partial charge in [0, 0.05) is 32.4 Å². The predicted molar refractivity (Wildman–Crippen MR) is 48.0 cm³/mol. The molecule has 0 bridgehead atoms. The molecule has 0 aromatic rings. The molecule has 0 aliphatic heterocycles. The lowest BCUT2D eigenvalue weighted by Gasteiger charge is -2.16. The summed E-state index contributed by atoms with van der Waals surface area (Å²) in [6, 6.07) is 0. The Balaban J connectivity index is 3.59. The van der Waals surface area contributed by atoms with Crippen LogP contribution in [-0.2, 0) is 4.79 Å². The number of aliphatic carboxylic acids is 1. The maximum Gasteiger partial charge on any atom is 0.329 e. The molecule has 0 atom stereocenters. The molecule has 0 saturated heterocycles. The van der Waals surface area contributed by atoms with Gasteiger partial charge >= 0.3 is 5.97 Å². The molecule has 0 aliphatic rings. The van der Waals surface area contributed by atoms with Gasteiger partial charge in [0.05, 0.1) is 0 Å². The van der Waals surface area contributed by atoms with Crippen molar-refractivity contribution in [3.63, 3.8) is 0 Å². The van der Waals surface area contributed by atoms with Gasteiger partial charge in [0.1, 0.15) is 0 Å². The van der Waals surface area contributed by atoms with E-state index in [4.69, 9.17) is 5.11 Å². The zero-order chi connectivity index (χ0) is 9.56. The van der Waals surface area contributed by atoms with Gasteiger partial charge in [0.2, 0.25) is 0 Å². The average Bonchev–Trinajstić information content (AvgIpc) is 1.96. The summed E-state index contributed by atoms with van der Waals surface area (Å²) in [7, 11) is 5.81. The predicted octanol–water partition coefficient (Wildman–Crippen LogP) is 0.0781. The number of carbonyl (C=O) groups is 1. The van der Waals surface area contributed by atoms with Gasteiger partial charge in [-0.05, 0) is 14.1 Å². The molecule has 0 aromatic carbocycles. The standard InChI is InChI=1S/C8H16N2O2/c1-9(2)6-7-10(3)5-4-8(11)12/h4-5H,6-7H2,1-3H3,(H,11,12). The van der Waals surface area contributed by atoms with Crippen LogP contribution in [0.15, 0.2) is 12.3 Å². The van der Waals surface area contributed by atoms with E-state index < -0.39 is 5.97 Å². The molecule has 0 unspecified atom stereocenters. The Bertz CT molecular complexity index is 166. The fourth-order valence-electron chi connectivity index (χ4n) is 0.623. The van der Waals surface area contributed by atoms with Crippen LogP contribution in [0, 0.1) is 0 Å². The summed E-state index contributed by atoms with van der Waals surface area (Å²) in [6.45, 7) is 1.75. The quantitative estimate of drug-likeness (QED) is 0.596. The second-order valence-electron chi connectivity index (χ2n) is 2.94. The number of carboxylic acids is 1. The van der Waals surface area contributed by atoms with Crippen LogP contribution in [0.5, 0.6) is 0 Å². The van der Waals surface area contributed by atoms with Gasteiger partial charge in [-0.1, -0.05) is 0 Å². The number of carboxylic acid groups (broad SMARTS) is 1. The number of rotatable bonds is 5. The minimum absolute atomic E-state index is 0.830. The third kappa shape index (κ3) is 7.08. The Labute approximate surface area is 73.1 Å². The van der Waals surface area contributed by atoms with Crippen molar-refractivity contribution >= 4 is 5.97 Å². The summed E-state index contributed by atoms with van der Waals surface area (Å²) >= 11 is 0. The number of nitrogens with zero attached hydrogens (tertiary/aromatic N) is 2. The van der Waals surface area contributed by atoms with Gasteiger partial charge in [-0.25, -0.2) is 4.79 Å². The normalized spacial score (nSPS) is 11.0. The lowest BCUT2D eigenvalue weighted by Crippen LogP contribution is -2.25. The SMILES string of the molecule is CN(C)CCN(C)C=CC(=O)O. The van der Waals surface area contributed by atoms with E-state index in [-0.39, 0.29) is 0 Å². The molecule has 0 amide bonds. The second-order valence-corrected chi connectivity index (χ2v) is 2.94. The first-order valence-corrected chi connectivity index (χ1v) is 3.78. The lowest BCUT2D eigenvalue weighted by molar-refractivity contribution is -0.131. The van der Waals surface area contributed by atoms with Crippen molar-refractivity contribution < 1.29 is 9.90 Å². The van der Waals surface area contributed by atoms with Crippen molar-refractivity contribution in [3.8, 4) is 0 Å². The Hall–Kier alpha value is -1.03. The lowest BCUT2D eigenvalue weighted by atomic mass is 10.5. The molecular weight excluding hydrogens is 156 g/mol. The molecular formula is C8H16N2O2. The van der Waals surface area contributed by atoms with E-state index in [0.29, 0.717) is 0 Å². The van der Waals surface area contributed by atoms with Crippen LogP contribution in [0.4, 0.5) is 0 Å².